The standard InChI is InChI=1S/C12H14ClN3/c1-2-16-6-5-10(9-16)7-14-11-3-4-12(13)15-8-11/h3-6,8-9,14H,2,7H2,1H3. The van der Waals surface area contributed by atoms with Crippen LogP contribution in [0.1, 0.15) is 12.5 Å². The van der Waals surface area contributed by atoms with E-state index in [1.807, 2.05) is 6.07 Å². The summed E-state index contributed by atoms with van der Waals surface area (Å²) < 4.78 is 2.15. The van der Waals surface area contributed by atoms with E-state index in [1.54, 1.807) is 12.3 Å². The lowest BCUT2D eigenvalue weighted by molar-refractivity contribution is 0.766. The predicted octanol–water partition coefficient (Wildman–Crippen LogP) is 3.17. The first kappa shape index (κ1) is 11.0. The van der Waals surface area contributed by atoms with Crippen LogP contribution in [0.5, 0.6) is 0 Å². The number of anilines is 1. The lowest BCUT2D eigenvalue weighted by Crippen LogP contribution is -1.98. The van der Waals surface area contributed by atoms with Gasteiger partial charge in [0.25, 0.3) is 0 Å². The van der Waals surface area contributed by atoms with Crippen LogP contribution < -0.4 is 5.32 Å². The Morgan fingerprint density at radius 3 is 2.88 bits per heavy atom. The molecule has 1 N–H and O–H groups in total. The van der Waals surface area contributed by atoms with E-state index in [4.69, 9.17) is 11.6 Å². The molecule has 0 unspecified atom stereocenters. The zero-order valence-electron chi connectivity index (χ0n) is 9.15. The first-order valence-electron chi connectivity index (χ1n) is 5.28. The van der Waals surface area contributed by atoms with Crippen molar-refractivity contribution in [2.24, 2.45) is 0 Å². The molecule has 0 bridgehead atoms. The van der Waals surface area contributed by atoms with Gasteiger partial charge in [0.1, 0.15) is 5.15 Å². The van der Waals surface area contributed by atoms with Crippen molar-refractivity contribution in [3.05, 3.63) is 47.5 Å². The molecule has 0 radical (unpaired) electrons. The van der Waals surface area contributed by atoms with Gasteiger partial charge in [0, 0.05) is 25.5 Å². The fourth-order valence-electron chi connectivity index (χ4n) is 1.48. The van der Waals surface area contributed by atoms with Crippen molar-refractivity contribution in [1.82, 2.24) is 9.55 Å². The lowest BCUT2D eigenvalue weighted by atomic mass is 10.3. The first-order chi connectivity index (χ1) is 7.78. The molecule has 0 aromatic carbocycles. The number of hydrogen-bond donors (Lipinski definition) is 1. The van der Waals surface area contributed by atoms with E-state index in [2.05, 4.69) is 40.3 Å². The van der Waals surface area contributed by atoms with E-state index in [1.165, 1.54) is 5.56 Å². The third kappa shape index (κ3) is 2.76. The monoisotopic (exact) mass is 235 g/mol. The molecule has 0 amide bonds. The van der Waals surface area contributed by atoms with Crippen molar-refractivity contribution in [2.45, 2.75) is 20.0 Å². The normalized spacial score (nSPS) is 10.4. The Kier molecular flexibility index (Phi) is 3.47. The van der Waals surface area contributed by atoms with Gasteiger partial charge in [-0.05, 0) is 30.7 Å². The average molecular weight is 236 g/mol. The second-order valence-electron chi connectivity index (χ2n) is 3.57. The molecule has 0 saturated heterocycles. The van der Waals surface area contributed by atoms with Gasteiger partial charge < -0.3 is 9.88 Å². The molecule has 0 atom stereocenters. The van der Waals surface area contributed by atoms with Crippen LogP contribution in [-0.4, -0.2) is 9.55 Å². The van der Waals surface area contributed by atoms with Gasteiger partial charge in [0.05, 0.1) is 11.9 Å². The fraction of sp³-hybridized carbons (Fsp3) is 0.250. The van der Waals surface area contributed by atoms with Crippen LogP contribution in [-0.2, 0) is 13.1 Å². The highest BCUT2D eigenvalue weighted by atomic mass is 35.5. The highest BCUT2D eigenvalue weighted by Crippen LogP contribution is 2.11. The molecule has 2 heterocycles. The maximum Gasteiger partial charge on any atom is 0.129 e. The van der Waals surface area contributed by atoms with Gasteiger partial charge in [0.2, 0.25) is 0 Å². The molecule has 0 aliphatic carbocycles. The number of nitrogens with one attached hydrogen (secondary N) is 1. The molecule has 0 saturated carbocycles. The van der Waals surface area contributed by atoms with Gasteiger partial charge in [0.15, 0.2) is 0 Å². The third-order valence-corrected chi connectivity index (χ3v) is 2.62. The summed E-state index contributed by atoms with van der Waals surface area (Å²) in [6, 6.07) is 5.81. The molecule has 2 rings (SSSR count). The molecule has 2 aromatic heterocycles. The minimum absolute atomic E-state index is 0.516. The van der Waals surface area contributed by atoms with Crippen LogP contribution in [0.4, 0.5) is 5.69 Å². The van der Waals surface area contributed by atoms with Crippen LogP contribution in [0.15, 0.2) is 36.8 Å². The summed E-state index contributed by atoms with van der Waals surface area (Å²) in [5.74, 6) is 0. The maximum atomic E-state index is 5.71. The van der Waals surface area contributed by atoms with Crippen LogP contribution in [0.25, 0.3) is 0 Å². The highest BCUT2D eigenvalue weighted by Gasteiger charge is 1.97. The number of hydrogen-bond acceptors (Lipinski definition) is 2. The predicted molar refractivity (Wildman–Crippen MR) is 66.7 cm³/mol. The largest absolute Gasteiger partial charge is 0.380 e. The van der Waals surface area contributed by atoms with Crippen molar-refractivity contribution in [3.63, 3.8) is 0 Å². The molecule has 16 heavy (non-hydrogen) atoms. The SMILES string of the molecule is CCn1ccc(CNc2ccc(Cl)nc2)c1. The Hall–Kier alpha value is -1.48. The zero-order valence-corrected chi connectivity index (χ0v) is 9.91. The third-order valence-electron chi connectivity index (χ3n) is 2.40. The number of halogens is 1. The second kappa shape index (κ2) is 5.03. The highest BCUT2D eigenvalue weighted by molar-refractivity contribution is 6.29. The van der Waals surface area contributed by atoms with Crippen molar-refractivity contribution >= 4 is 17.3 Å². The van der Waals surface area contributed by atoms with Crippen LogP contribution >= 0.6 is 11.6 Å². The Balaban J connectivity index is 1.94. The molecule has 0 spiro atoms. The van der Waals surface area contributed by atoms with Crippen LogP contribution in [0, 0.1) is 0 Å². The Labute approximate surface area is 100 Å². The van der Waals surface area contributed by atoms with E-state index in [-0.39, 0.29) is 0 Å². The average Bonchev–Trinajstić information content (AvgIpc) is 2.76. The van der Waals surface area contributed by atoms with Gasteiger partial charge >= 0.3 is 0 Å². The van der Waals surface area contributed by atoms with Gasteiger partial charge in [-0.1, -0.05) is 11.6 Å². The summed E-state index contributed by atoms with van der Waals surface area (Å²) in [6.07, 6.45) is 5.95. The molecule has 4 heteroatoms. The van der Waals surface area contributed by atoms with Gasteiger partial charge in [-0.25, -0.2) is 4.98 Å². The summed E-state index contributed by atoms with van der Waals surface area (Å²) in [5.41, 5.74) is 2.24. The van der Waals surface area contributed by atoms with Crippen molar-refractivity contribution in [2.75, 3.05) is 5.32 Å². The van der Waals surface area contributed by atoms with Crippen molar-refractivity contribution in [1.29, 1.82) is 0 Å². The Bertz CT molecular complexity index is 448. The topological polar surface area (TPSA) is 29.9 Å². The molecule has 2 aromatic rings. The summed E-state index contributed by atoms with van der Waals surface area (Å²) >= 11 is 5.71. The minimum Gasteiger partial charge on any atom is -0.380 e. The molecule has 0 aliphatic heterocycles. The molecule has 84 valence electrons. The number of rotatable bonds is 4. The quantitative estimate of drug-likeness (QED) is 0.825. The summed E-state index contributed by atoms with van der Waals surface area (Å²) in [6.45, 7) is 3.93. The van der Waals surface area contributed by atoms with Gasteiger partial charge in [-0.15, -0.1) is 0 Å². The van der Waals surface area contributed by atoms with Gasteiger partial charge in [-0.3, -0.25) is 0 Å². The van der Waals surface area contributed by atoms with E-state index in [0.29, 0.717) is 5.15 Å². The van der Waals surface area contributed by atoms with Crippen molar-refractivity contribution < 1.29 is 0 Å². The minimum atomic E-state index is 0.516. The van der Waals surface area contributed by atoms with Crippen molar-refractivity contribution in [3.8, 4) is 0 Å². The van der Waals surface area contributed by atoms with E-state index in [9.17, 15) is 0 Å². The Morgan fingerprint density at radius 2 is 2.25 bits per heavy atom. The van der Waals surface area contributed by atoms with E-state index in [0.717, 1.165) is 18.8 Å². The van der Waals surface area contributed by atoms with Crippen LogP contribution in [0.2, 0.25) is 5.15 Å². The molecular formula is C12H14ClN3. The summed E-state index contributed by atoms with van der Waals surface area (Å²) in [5, 5.41) is 3.81. The summed E-state index contributed by atoms with van der Waals surface area (Å²) in [4.78, 5) is 4.01. The van der Waals surface area contributed by atoms with E-state index < -0.39 is 0 Å². The van der Waals surface area contributed by atoms with Gasteiger partial charge in [-0.2, -0.15) is 0 Å². The number of nitrogens with zero attached hydrogens (tertiary/aromatic N) is 2. The lowest BCUT2D eigenvalue weighted by Gasteiger charge is -2.04. The van der Waals surface area contributed by atoms with Crippen LogP contribution in [0.3, 0.4) is 0 Å². The maximum absolute atomic E-state index is 5.71. The number of aryl methyl sites for hydroxylation is 1. The Morgan fingerprint density at radius 1 is 1.38 bits per heavy atom. The number of pyridine rings is 1. The van der Waals surface area contributed by atoms with E-state index >= 15 is 0 Å². The summed E-state index contributed by atoms with van der Waals surface area (Å²) in [7, 11) is 0. The second-order valence-corrected chi connectivity index (χ2v) is 3.96. The molecule has 0 aliphatic rings. The fourth-order valence-corrected chi connectivity index (χ4v) is 1.59. The zero-order chi connectivity index (χ0) is 11.4. The number of aromatic nitrogens is 2. The molecule has 3 nitrogen and oxygen atoms in total. The molecular weight excluding hydrogens is 222 g/mol. The first-order valence-corrected chi connectivity index (χ1v) is 5.66. The smallest absolute Gasteiger partial charge is 0.129 e. The molecule has 0 fully saturated rings.